The van der Waals surface area contributed by atoms with Crippen molar-refractivity contribution in [2.24, 2.45) is 0 Å². The van der Waals surface area contributed by atoms with Gasteiger partial charge in [-0.2, -0.15) is 0 Å². The van der Waals surface area contributed by atoms with Crippen LogP contribution >= 0.6 is 0 Å². The molecule has 23 heteroatoms. The molecule has 0 aromatic heterocycles. The zero-order valence-corrected chi connectivity index (χ0v) is 17.5. The van der Waals surface area contributed by atoms with Crippen LogP contribution in [0.25, 0.3) is 0 Å². The molecule has 142 valence electrons. The standard InChI is InChI=1S/Fe.2H3N.Na.H2O8S2.H2O4S.H2O3S/c;;;;1-9(2,3)7-8-10(4,5)6;1-5(2,3)4;1-4(2)3/h;2*1H3;;(H,1,2,3)(H,4,5,6);(H2,1,2,3,4);(H2,1,2,3)/q+2;;;+1;;;/p-3. The molecule has 23 heavy (non-hydrogen) atoms. The van der Waals surface area contributed by atoms with Crippen LogP contribution in [0.4, 0.5) is 0 Å². The fourth-order valence-electron chi connectivity index (χ4n) is 0.0680. The van der Waals surface area contributed by atoms with E-state index in [1.165, 1.54) is 0 Å². The van der Waals surface area contributed by atoms with Crippen molar-refractivity contribution in [2.75, 3.05) is 0 Å². The zero-order chi connectivity index (χ0) is 16.5. The SMILES string of the molecule is O=S(=O)([O-])OOS(=O)(=O)[O-].O=S(=O)([O-])[O-].O=S([O-])O.[Fe+2].[NH4+].[NH4+].[Na+]. The third-order valence-electron chi connectivity index (χ3n) is 0.194. The van der Waals surface area contributed by atoms with Crippen LogP contribution in [0.15, 0.2) is 0 Å². The van der Waals surface area contributed by atoms with Gasteiger partial charge in [-0.3, -0.25) is 8.42 Å². The van der Waals surface area contributed by atoms with Gasteiger partial charge >= 0.3 is 46.6 Å². The van der Waals surface area contributed by atoms with E-state index in [2.05, 4.69) is 8.67 Å². The quantitative estimate of drug-likeness (QED) is 0.0837. The maximum absolute atomic E-state index is 9.37. The van der Waals surface area contributed by atoms with Crippen LogP contribution in [0.3, 0.4) is 0 Å². The first-order valence-corrected chi connectivity index (χ1v) is 7.71. The first-order valence-electron chi connectivity index (χ1n) is 2.68. The van der Waals surface area contributed by atoms with Crippen molar-refractivity contribution in [2.45, 2.75) is 0 Å². The van der Waals surface area contributed by atoms with E-state index in [-0.39, 0.29) is 58.9 Å². The molecule has 0 spiro atoms. The first kappa shape index (κ1) is 44.0. The van der Waals surface area contributed by atoms with Gasteiger partial charge in [-0.05, 0) is 0 Å². The van der Waals surface area contributed by atoms with Gasteiger partial charge in [0, 0.05) is 10.4 Å². The molecule has 0 amide bonds. The van der Waals surface area contributed by atoms with Gasteiger partial charge in [-0.15, -0.1) is 8.67 Å². The monoisotopic (exact) mass is 484 g/mol. The molecule has 1 atom stereocenters. The number of hydrogen-bond donors (Lipinski definition) is 3. The minimum absolute atomic E-state index is 0. The second-order valence-corrected chi connectivity index (χ2v) is 4.73. The summed E-state index contributed by atoms with van der Waals surface area (Å²) < 4.78 is 120. The van der Waals surface area contributed by atoms with E-state index in [1.807, 2.05) is 0 Å². The smallest absolute Gasteiger partial charge is 0.759 e. The molecule has 0 radical (unpaired) electrons. The fourth-order valence-corrected chi connectivity index (χ4v) is 0.612. The molecule has 1 unspecified atom stereocenters. The van der Waals surface area contributed by atoms with E-state index in [1.54, 1.807) is 0 Å². The van der Waals surface area contributed by atoms with Gasteiger partial charge in [-0.1, -0.05) is 0 Å². The molecule has 0 aromatic rings. The van der Waals surface area contributed by atoms with Crippen LogP contribution < -0.4 is 41.9 Å². The molecule has 0 aliphatic carbocycles. The zero-order valence-electron chi connectivity index (χ0n) is 11.1. The third kappa shape index (κ3) is 156. The summed E-state index contributed by atoms with van der Waals surface area (Å²) in [7, 11) is -15.8. The van der Waals surface area contributed by atoms with Crippen molar-refractivity contribution in [1.82, 2.24) is 12.3 Å². The van der Waals surface area contributed by atoms with E-state index in [0.29, 0.717) is 0 Å². The largest absolute Gasteiger partial charge is 2.00 e. The van der Waals surface area contributed by atoms with Crippen molar-refractivity contribution in [3.63, 3.8) is 0 Å². The molecule has 0 rings (SSSR count). The number of hydrogen-bond acceptors (Lipinski definition) is 14. The van der Waals surface area contributed by atoms with Crippen molar-refractivity contribution in [3.05, 3.63) is 0 Å². The Morgan fingerprint density at radius 2 is 0.870 bits per heavy atom. The summed E-state index contributed by atoms with van der Waals surface area (Å²) in [6.07, 6.45) is 0. The molecule has 17 nitrogen and oxygen atoms in total. The van der Waals surface area contributed by atoms with Gasteiger partial charge in [0.05, 0.1) is 11.4 Å². The predicted molar refractivity (Wildman–Crippen MR) is 55.6 cm³/mol. The average Bonchev–Trinajstić information content (AvgIpc) is 1.93. The van der Waals surface area contributed by atoms with E-state index >= 15 is 0 Å². The summed E-state index contributed by atoms with van der Waals surface area (Å²) in [5.74, 6) is 0. The summed E-state index contributed by atoms with van der Waals surface area (Å²) in [6.45, 7) is 0. The van der Waals surface area contributed by atoms with Crippen molar-refractivity contribution >= 4 is 42.6 Å². The topological polar surface area (TPSA) is 346 Å². The maximum atomic E-state index is 9.37. The number of quaternary nitrogens is 2. The van der Waals surface area contributed by atoms with Crippen LogP contribution in [0, 0.1) is 0 Å². The minimum Gasteiger partial charge on any atom is -0.759 e. The van der Waals surface area contributed by atoms with Gasteiger partial charge < -0.3 is 39.6 Å². The number of rotatable bonds is 3. The van der Waals surface area contributed by atoms with Gasteiger partial charge in [0.2, 0.25) is 20.8 Å². The van der Waals surface area contributed by atoms with Crippen LogP contribution in [0.1, 0.15) is 0 Å². The second kappa shape index (κ2) is 19.4. The summed E-state index contributed by atoms with van der Waals surface area (Å²) >= 11 is -2.86. The Morgan fingerprint density at radius 1 is 0.783 bits per heavy atom. The Morgan fingerprint density at radius 3 is 0.913 bits per heavy atom. The predicted octanol–water partition coefficient (Wildman–Crippen LogP) is -6.39. The molecule has 0 heterocycles. The summed E-state index contributed by atoms with van der Waals surface area (Å²) in [6, 6.07) is 0. The van der Waals surface area contributed by atoms with E-state index in [4.69, 9.17) is 30.8 Å². The molecule has 0 bridgehead atoms. The van der Waals surface area contributed by atoms with E-state index < -0.39 is 42.6 Å². The molecule has 0 saturated carbocycles. The molecule has 0 saturated heterocycles. The Balaban J connectivity index is -0.0000000343. The van der Waals surface area contributed by atoms with Crippen LogP contribution in [-0.2, 0) is 68.3 Å². The van der Waals surface area contributed by atoms with Crippen molar-refractivity contribution in [3.8, 4) is 0 Å². The van der Waals surface area contributed by atoms with E-state index in [0.717, 1.165) is 0 Å². The van der Waals surface area contributed by atoms with Crippen LogP contribution in [0.2, 0.25) is 0 Å². The minimum atomic E-state index is -5.31. The van der Waals surface area contributed by atoms with Gasteiger partial charge in [0.1, 0.15) is 0 Å². The van der Waals surface area contributed by atoms with Crippen molar-refractivity contribution < 1.29 is 112 Å². The third-order valence-corrected chi connectivity index (χ3v) is 0.750. The van der Waals surface area contributed by atoms with Gasteiger partial charge in [0.15, 0.2) is 0 Å². The molecule has 0 fully saturated rings. The average molecular weight is 484 g/mol. The normalized spacial score (nSPS) is 11.0. The van der Waals surface area contributed by atoms with Crippen molar-refractivity contribution in [1.29, 1.82) is 0 Å². The Labute approximate surface area is 166 Å². The summed E-state index contributed by atoms with van der Waals surface area (Å²) in [5.41, 5.74) is 0. The Kier molecular flexibility index (Phi) is 37.2. The molecule has 0 aliphatic heterocycles. The molecule has 0 aromatic carbocycles. The molecule has 0 aliphatic rings. The molecule has 9 N–H and O–H groups in total. The molecular formula is H9FeN2NaO15S4. The first-order chi connectivity index (χ1) is 7.94. The fraction of sp³-hybridized carbons (Fsp3) is 0. The Hall–Kier alpha value is 1.12. The maximum Gasteiger partial charge on any atom is 2.00 e. The Bertz CT molecular complexity index is 517. The second-order valence-electron chi connectivity index (χ2n) is 1.58. The van der Waals surface area contributed by atoms with Crippen LogP contribution in [0.5, 0.6) is 0 Å². The summed E-state index contributed by atoms with van der Waals surface area (Å²) in [4.78, 5) is 0. The van der Waals surface area contributed by atoms with Crippen LogP contribution in [-0.4, -0.2) is 56.8 Å². The van der Waals surface area contributed by atoms with Gasteiger partial charge in [0.25, 0.3) is 0 Å². The van der Waals surface area contributed by atoms with Gasteiger partial charge in [-0.25, -0.2) is 21.0 Å². The summed E-state index contributed by atoms with van der Waals surface area (Å²) in [5, 5.41) is 0. The van der Waals surface area contributed by atoms with E-state index in [9.17, 15) is 25.9 Å². The molecular weight excluding hydrogens is 475 g/mol.